The molecule has 182 valence electrons. The number of H-pyrrole nitrogens is 1. The van der Waals surface area contributed by atoms with Crippen molar-refractivity contribution >= 4 is 28.2 Å². The molecule has 0 aliphatic carbocycles. The average molecular weight is 482 g/mol. The summed E-state index contributed by atoms with van der Waals surface area (Å²) in [7, 11) is 3.26. The molecule has 0 aliphatic heterocycles. The van der Waals surface area contributed by atoms with Crippen LogP contribution < -0.4 is 20.3 Å². The van der Waals surface area contributed by atoms with Crippen LogP contribution in [0.25, 0.3) is 10.9 Å². The normalized spacial score (nSPS) is 11.8. The van der Waals surface area contributed by atoms with Gasteiger partial charge in [-0.1, -0.05) is 13.0 Å². The van der Waals surface area contributed by atoms with Crippen LogP contribution >= 0.6 is 12.2 Å². The summed E-state index contributed by atoms with van der Waals surface area (Å²) >= 11 is 5.76. The van der Waals surface area contributed by atoms with Crippen LogP contribution in [0.3, 0.4) is 0 Å². The first-order chi connectivity index (χ1) is 16.2. The highest BCUT2D eigenvalue weighted by atomic mass is 32.1. The van der Waals surface area contributed by atoms with Crippen LogP contribution in [0.5, 0.6) is 11.5 Å². The lowest BCUT2D eigenvalue weighted by atomic mass is 10.0. The number of methoxy groups -OCH3 is 2. The molecule has 34 heavy (non-hydrogen) atoms. The quantitative estimate of drug-likeness (QED) is 0.425. The lowest BCUT2D eigenvalue weighted by molar-refractivity contribution is 0.354. The third kappa shape index (κ3) is 6.08. The first-order valence-electron chi connectivity index (χ1n) is 11.6. The number of thiocarbonyl (C=S) groups is 1. The number of aromatic amines is 1. The largest absolute Gasteiger partial charge is 0.493 e. The Kier molecular flexibility index (Phi) is 8.56. The van der Waals surface area contributed by atoms with Gasteiger partial charge in [-0.25, -0.2) is 0 Å². The van der Waals surface area contributed by atoms with Crippen molar-refractivity contribution in [3.05, 3.63) is 69.0 Å². The van der Waals surface area contributed by atoms with E-state index in [9.17, 15) is 4.79 Å². The molecule has 1 aromatic heterocycles. The number of rotatable bonds is 9. The zero-order valence-electron chi connectivity index (χ0n) is 21.0. The van der Waals surface area contributed by atoms with Crippen molar-refractivity contribution in [2.75, 3.05) is 20.8 Å². The van der Waals surface area contributed by atoms with Crippen LogP contribution in [0.1, 0.15) is 42.5 Å². The Morgan fingerprint density at radius 2 is 1.79 bits per heavy atom. The van der Waals surface area contributed by atoms with Crippen molar-refractivity contribution in [1.82, 2.24) is 15.2 Å². The monoisotopic (exact) mass is 481 g/mol. The van der Waals surface area contributed by atoms with E-state index in [4.69, 9.17) is 21.7 Å². The molecule has 0 aliphatic rings. The number of nitrogens with zero attached hydrogens (tertiary/aromatic N) is 1. The number of pyridine rings is 1. The van der Waals surface area contributed by atoms with Crippen molar-refractivity contribution in [3.8, 4) is 11.5 Å². The van der Waals surface area contributed by atoms with Gasteiger partial charge in [0, 0.05) is 23.7 Å². The Bertz CT molecular complexity index is 1220. The molecular weight excluding hydrogens is 446 g/mol. The summed E-state index contributed by atoms with van der Waals surface area (Å²) in [5, 5.41) is 5.07. The van der Waals surface area contributed by atoms with E-state index in [1.54, 1.807) is 14.2 Å². The summed E-state index contributed by atoms with van der Waals surface area (Å²) in [6.45, 7) is 9.44. The molecule has 3 rings (SSSR count). The molecule has 0 spiro atoms. The molecule has 0 saturated heterocycles. The van der Waals surface area contributed by atoms with Gasteiger partial charge in [-0.3, -0.25) is 4.79 Å². The lowest BCUT2D eigenvalue weighted by Gasteiger charge is -2.28. The topological polar surface area (TPSA) is 66.6 Å². The van der Waals surface area contributed by atoms with Crippen LogP contribution in [0.4, 0.5) is 0 Å². The van der Waals surface area contributed by atoms with E-state index in [1.807, 2.05) is 30.3 Å². The highest BCUT2D eigenvalue weighted by Gasteiger charge is 2.16. The van der Waals surface area contributed by atoms with Gasteiger partial charge in [0.15, 0.2) is 16.6 Å². The molecule has 0 radical (unpaired) electrons. The van der Waals surface area contributed by atoms with Crippen LogP contribution in [0, 0.1) is 13.8 Å². The molecule has 7 heteroatoms. The van der Waals surface area contributed by atoms with Crippen LogP contribution in [0.2, 0.25) is 0 Å². The molecule has 1 unspecified atom stereocenters. The highest BCUT2D eigenvalue weighted by molar-refractivity contribution is 7.80. The van der Waals surface area contributed by atoms with Crippen molar-refractivity contribution in [2.24, 2.45) is 0 Å². The second-order valence-electron chi connectivity index (χ2n) is 8.77. The van der Waals surface area contributed by atoms with E-state index >= 15 is 0 Å². The minimum atomic E-state index is -0.0850. The highest BCUT2D eigenvalue weighted by Crippen LogP contribution is 2.28. The molecule has 0 saturated carbocycles. The number of aryl methyl sites for hydroxylation is 2. The van der Waals surface area contributed by atoms with E-state index < -0.39 is 0 Å². The van der Waals surface area contributed by atoms with E-state index in [0.717, 1.165) is 34.9 Å². The van der Waals surface area contributed by atoms with Gasteiger partial charge in [-0.05, 0) is 98.2 Å². The number of ether oxygens (including phenoxy) is 2. The van der Waals surface area contributed by atoms with Gasteiger partial charge < -0.3 is 24.7 Å². The maximum atomic E-state index is 12.9. The predicted octanol–water partition coefficient (Wildman–Crippen LogP) is 4.88. The summed E-state index contributed by atoms with van der Waals surface area (Å²) in [5.74, 6) is 1.40. The molecule has 0 bridgehead atoms. The molecule has 6 nitrogen and oxygen atoms in total. The van der Waals surface area contributed by atoms with Gasteiger partial charge in [0.1, 0.15) is 0 Å². The van der Waals surface area contributed by atoms with Gasteiger partial charge >= 0.3 is 0 Å². The molecular formula is C27H35N3O3S. The molecule has 0 fully saturated rings. The van der Waals surface area contributed by atoms with Crippen LogP contribution in [-0.2, 0) is 13.0 Å². The Morgan fingerprint density at radius 1 is 1.09 bits per heavy atom. The van der Waals surface area contributed by atoms with E-state index in [-0.39, 0.29) is 11.6 Å². The smallest absolute Gasteiger partial charge is 0.253 e. The first kappa shape index (κ1) is 25.6. The third-order valence-electron chi connectivity index (χ3n) is 6.28. The minimum absolute atomic E-state index is 0.0850. The fourth-order valence-corrected chi connectivity index (χ4v) is 4.16. The molecule has 0 amide bonds. The molecule has 3 aromatic rings. The summed E-state index contributed by atoms with van der Waals surface area (Å²) in [6, 6.07) is 12.3. The van der Waals surface area contributed by atoms with Crippen molar-refractivity contribution < 1.29 is 9.47 Å². The Hall–Kier alpha value is -3.06. The third-order valence-corrected chi connectivity index (χ3v) is 6.66. The first-order valence-corrected chi connectivity index (χ1v) is 12.1. The number of nitrogens with one attached hydrogen (secondary N) is 2. The van der Waals surface area contributed by atoms with Crippen LogP contribution in [-0.4, -0.2) is 41.8 Å². The maximum Gasteiger partial charge on any atom is 0.253 e. The molecule has 1 atom stereocenters. The number of aromatic nitrogens is 1. The second-order valence-corrected chi connectivity index (χ2v) is 9.15. The number of fused-ring (bicyclic) bond motifs is 1. The van der Waals surface area contributed by atoms with E-state index in [1.165, 1.54) is 5.56 Å². The minimum Gasteiger partial charge on any atom is -0.493 e. The van der Waals surface area contributed by atoms with Gasteiger partial charge in [0.2, 0.25) is 0 Å². The predicted molar refractivity (Wildman–Crippen MR) is 143 cm³/mol. The SMILES string of the molecule is CCC(C)NC(=S)N(CCc1ccc(OC)c(OC)c1)Cc1cc2cc(C)c(C)cc2[nH]c1=O. The van der Waals surface area contributed by atoms with Gasteiger partial charge in [-0.15, -0.1) is 0 Å². The fraction of sp³-hybridized carbons (Fsp3) is 0.407. The van der Waals surface area contributed by atoms with Crippen molar-refractivity contribution in [1.29, 1.82) is 0 Å². The fourth-order valence-electron chi connectivity index (χ4n) is 3.80. The number of hydrogen-bond donors (Lipinski definition) is 2. The lowest BCUT2D eigenvalue weighted by Crippen LogP contribution is -2.44. The zero-order valence-corrected chi connectivity index (χ0v) is 21.8. The second kappa shape index (κ2) is 11.4. The van der Waals surface area contributed by atoms with Crippen molar-refractivity contribution in [2.45, 2.75) is 53.1 Å². The maximum absolute atomic E-state index is 12.9. The zero-order chi connectivity index (χ0) is 24.8. The van der Waals surface area contributed by atoms with Crippen LogP contribution in [0.15, 0.2) is 41.2 Å². The molecule has 2 aromatic carbocycles. The average Bonchev–Trinajstić information content (AvgIpc) is 2.82. The number of benzene rings is 2. The van der Waals surface area contributed by atoms with Crippen molar-refractivity contribution in [3.63, 3.8) is 0 Å². The Labute approximate surface area is 207 Å². The molecule has 2 N–H and O–H groups in total. The van der Waals surface area contributed by atoms with Gasteiger partial charge in [-0.2, -0.15) is 0 Å². The Balaban J connectivity index is 1.87. The molecule has 1 heterocycles. The van der Waals surface area contributed by atoms with E-state index in [2.05, 4.69) is 49.0 Å². The standard InChI is InChI=1S/C27H35N3O3S/c1-7-19(4)28-27(34)30(11-10-20-8-9-24(32-5)25(14-20)33-6)16-22-15-21-12-17(2)18(3)13-23(21)29-26(22)31/h8-9,12-15,19H,7,10-11,16H2,1-6H3,(H,28,34)(H,29,31). The van der Waals surface area contributed by atoms with Gasteiger partial charge in [0.25, 0.3) is 5.56 Å². The van der Waals surface area contributed by atoms with Gasteiger partial charge in [0.05, 0.1) is 20.8 Å². The van der Waals surface area contributed by atoms with E-state index in [0.29, 0.717) is 35.3 Å². The summed E-state index contributed by atoms with van der Waals surface area (Å²) in [6.07, 6.45) is 1.70. The summed E-state index contributed by atoms with van der Waals surface area (Å²) in [4.78, 5) is 18.0. The number of hydrogen-bond acceptors (Lipinski definition) is 4. The summed E-state index contributed by atoms with van der Waals surface area (Å²) < 4.78 is 10.8. The Morgan fingerprint density at radius 3 is 2.47 bits per heavy atom. The summed E-state index contributed by atoms with van der Waals surface area (Å²) in [5.41, 5.74) is 4.92.